The predicted octanol–water partition coefficient (Wildman–Crippen LogP) is 2.07. The monoisotopic (exact) mass is 226 g/mol. The van der Waals surface area contributed by atoms with Crippen LogP contribution in [-0.2, 0) is 4.79 Å². The third kappa shape index (κ3) is 4.52. The van der Waals surface area contributed by atoms with Crippen molar-refractivity contribution in [3.63, 3.8) is 0 Å². The zero-order valence-electron chi connectivity index (χ0n) is 11.1. The predicted molar refractivity (Wildman–Crippen MR) is 67.3 cm³/mol. The molecule has 0 aromatic carbocycles. The SMILES string of the molecule is CCC1CCCC1NCC(=O)NC(C)(C)C. The van der Waals surface area contributed by atoms with E-state index in [1.54, 1.807) is 0 Å². The number of carbonyl (C=O) groups excluding carboxylic acids is 1. The van der Waals surface area contributed by atoms with Crippen LogP contribution in [0.2, 0.25) is 0 Å². The van der Waals surface area contributed by atoms with Crippen LogP contribution >= 0.6 is 0 Å². The molecule has 3 heteroatoms. The summed E-state index contributed by atoms with van der Waals surface area (Å²) in [6.07, 6.45) is 5.06. The Balaban J connectivity index is 2.26. The van der Waals surface area contributed by atoms with Gasteiger partial charge in [-0.05, 0) is 39.5 Å². The zero-order chi connectivity index (χ0) is 12.2. The van der Waals surface area contributed by atoms with E-state index >= 15 is 0 Å². The van der Waals surface area contributed by atoms with Gasteiger partial charge in [0.05, 0.1) is 6.54 Å². The van der Waals surface area contributed by atoms with E-state index in [-0.39, 0.29) is 11.4 Å². The van der Waals surface area contributed by atoms with Crippen molar-refractivity contribution in [2.24, 2.45) is 5.92 Å². The Kier molecular flexibility index (Phi) is 4.78. The molecule has 2 unspecified atom stereocenters. The number of carbonyl (C=O) groups is 1. The minimum Gasteiger partial charge on any atom is -0.350 e. The van der Waals surface area contributed by atoms with Gasteiger partial charge in [-0.25, -0.2) is 0 Å². The van der Waals surface area contributed by atoms with Gasteiger partial charge in [-0.15, -0.1) is 0 Å². The third-order valence-corrected chi connectivity index (χ3v) is 3.22. The lowest BCUT2D eigenvalue weighted by Crippen LogP contribution is -2.47. The van der Waals surface area contributed by atoms with Gasteiger partial charge < -0.3 is 10.6 Å². The van der Waals surface area contributed by atoms with E-state index in [9.17, 15) is 4.79 Å². The van der Waals surface area contributed by atoms with E-state index in [0.717, 1.165) is 5.92 Å². The minimum atomic E-state index is -0.126. The summed E-state index contributed by atoms with van der Waals surface area (Å²) in [5.74, 6) is 0.872. The molecule has 0 bridgehead atoms. The second-order valence-corrected chi connectivity index (χ2v) is 5.88. The molecule has 0 aliphatic heterocycles. The van der Waals surface area contributed by atoms with E-state index in [1.165, 1.54) is 25.7 Å². The van der Waals surface area contributed by atoms with Crippen molar-refractivity contribution in [2.75, 3.05) is 6.54 Å². The fraction of sp³-hybridized carbons (Fsp3) is 0.923. The summed E-state index contributed by atoms with van der Waals surface area (Å²) in [5, 5.41) is 6.37. The molecule has 1 fully saturated rings. The molecule has 0 aromatic heterocycles. The van der Waals surface area contributed by atoms with E-state index in [0.29, 0.717) is 12.6 Å². The van der Waals surface area contributed by atoms with Crippen molar-refractivity contribution in [2.45, 2.75) is 65.0 Å². The molecule has 94 valence electrons. The average molecular weight is 226 g/mol. The molecule has 1 aliphatic carbocycles. The Morgan fingerprint density at radius 3 is 2.56 bits per heavy atom. The molecule has 0 heterocycles. The van der Waals surface area contributed by atoms with E-state index in [4.69, 9.17) is 0 Å². The number of amides is 1. The molecule has 2 N–H and O–H groups in total. The first-order valence-corrected chi connectivity index (χ1v) is 6.47. The summed E-state index contributed by atoms with van der Waals surface area (Å²) < 4.78 is 0. The maximum absolute atomic E-state index is 11.6. The Morgan fingerprint density at radius 2 is 2.00 bits per heavy atom. The van der Waals surface area contributed by atoms with Gasteiger partial charge in [-0.1, -0.05) is 19.8 Å². The smallest absolute Gasteiger partial charge is 0.234 e. The molecular weight excluding hydrogens is 200 g/mol. The first-order valence-electron chi connectivity index (χ1n) is 6.47. The van der Waals surface area contributed by atoms with Crippen molar-refractivity contribution >= 4 is 5.91 Å². The quantitative estimate of drug-likeness (QED) is 0.770. The summed E-state index contributed by atoms with van der Waals surface area (Å²) in [6, 6.07) is 0.552. The highest BCUT2D eigenvalue weighted by Gasteiger charge is 2.25. The lowest BCUT2D eigenvalue weighted by Gasteiger charge is -2.23. The van der Waals surface area contributed by atoms with Crippen LogP contribution < -0.4 is 10.6 Å². The van der Waals surface area contributed by atoms with Gasteiger partial charge in [0.25, 0.3) is 0 Å². The van der Waals surface area contributed by atoms with Crippen molar-refractivity contribution in [3.05, 3.63) is 0 Å². The normalized spacial score (nSPS) is 25.8. The topological polar surface area (TPSA) is 41.1 Å². The Labute approximate surface area is 99.4 Å². The lowest BCUT2D eigenvalue weighted by molar-refractivity contribution is -0.121. The van der Waals surface area contributed by atoms with E-state index in [2.05, 4.69) is 17.6 Å². The Bertz CT molecular complexity index is 233. The van der Waals surface area contributed by atoms with Crippen LogP contribution in [0.25, 0.3) is 0 Å². The molecule has 0 radical (unpaired) electrons. The van der Waals surface area contributed by atoms with E-state index < -0.39 is 0 Å². The fourth-order valence-electron chi connectivity index (χ4n) is 2.48. The van der Waals surface area contributed by atoms with Gasteiger partial charge in [0, 0.05) is 11.6 Å². The van der Waals surface area contributed by atoms with Crippen molar-refractivity contribution in [1.29, 1.82) is 0 Å². The maximum atomic E-state index is 11.6. The van der Waals surface area contributed by atoms with Crippen LogP contribution in [0.5, 0.6) is 0 Å². The fourth-order valence-corrected chi connectivity index (χ4v) is 2.48. The molecule has 1 amide bonds. The van der Waals surface area contributed by atoms with Gasteiger partial charge in [0.1, 0.15) is 0 Å². The minimum absolute atomic E-state index is 0.106. The van der Waals surface area contributed by atoms with Gasteiger partial charge >= 0.3 is 0 Å². The highest BCUT2D eigenvalue weighted by Crippen LogP contribution is 2.27. The average Bonchev–Trinajstić information content (AvgIpc) is 2.59. The van der Waals surface area contributed by atoms with Crippen LogP contribution in [0.1, 0.15) is 53.4 Å². The lowest BCUT2D eigenvalue weighted by atomic mass is 10.0. The molecule has 2 atom stereocenters. The van der Waals surface area contributed by atoms with Crippen LogP contribution in [-0.4, -0.2) is 24.0 Å². The summed E-state index contributed by atoms with van der Waals surface area (Å²) in [6.45, 7) is 8.72. The second-order valence-electron chi connectivity index (χ2n) is 5.88. The van der Waals surface area contributed by atoms with Gasteiger partial charge in [-0.2, -0.15) is 0 Å². The molecule has 0 saturated heterocycles. The Hall–Kier alpha value is -0.570. The highest BCUT2D eigenvalue weighted by atomic mass is 16.2. The highest BCUT2D eigenvalue weighted by molar-refractivity contribution is 5.78. The molecule has 0 aromatic rings. The van der Waals surface area contributed by atoms with Crippen LogP contribution in [0.4, 0.5) is 0 Å². The third-order valence-electron chi connectivity index (χ3n) is 3.22. The van der Waals surface area contributed by atoms with Crippen molar-refractivity contribution in [3.8, 4) is 0 Å². The van der Waals surface area contributed by atoms with E-state index in [1.807, 2.05) is 20.8 Å². The van der Waals surface area contributed by atoms with Crippen LogP contribution in [0.3, 0.4) is 0 Å². The standard InChI is InChI=1S/C13H26N2O/c1-5-10-7-6-8-11(10)14-9-12(16)15-13(2,3)4/h10-11,14H,5-9H2,1-4H3,(H,15,16). The van der Waals surface area contributed by atoms with Crippen molar-refractivity contribution < 1.29 is 4.79 Å². The number of nitrogens with one attached hydrogen (secondary N) is 2. The summed E-state index contributed by atoms with van der Waals surface area (Å²) in [5.41, 5.74) is -0.126. The molecule has 0 spiro atoms. The maximum Gasteiger partial charge on any atom is 0.234 e. The first-order chi connectivity index (χ1) is 7.42. The molecule has 1 aliphatic rings. The second kappa shape index (κ2) is 5.67. The molecule has 16 heavy (non-hydrogen) atoms. The van der Waals surface area contributed by atoms with Gasteiger partial charge in [-0.3, -0.25) is 4.79 Å². The largest absolute Gasteiger partial charge is 0.350 e. The van der Waals surface area contributed by atoms with Gasteiger partial charge in [0.2, 0.25) is 5.91 Å². The number of rotatable bonds is 4. The van der Waals surface area contributed by atoms with Crippen LogP contribution in [0.15, 0.2) is 0 Å². The molecule has 1 saturated carbocycles. The molecule has 1 rings (SSSR count). The van der Waals surface area contributed by atoms with Crippen LogP contribution in [0, 0.1) is 5.92 Å². The Morgan fingerprint density at radius 1 is 1.31 bits per heavy atom. The first kappa shape index (κ1) is 13.5. The zero-order valence-corrected chi connectivity index (χ0v) is 11.1. The molecular formula is C13H26N2O. The summed E-state index contributed by atoms with van der Waals surface area (Å²) >= 11 is 0. The number of hydrogen-bond donors (Lipinski definition) is 2. The summed E-state index contributed by atoms with van der Waals surface area (Å²) in [7, 11) is 0. The van der Waals surface area contributed by atoms with Crippen molar-refractivity contribution in [1.82, 2.24) is 10.6 Å². The number of hydrogen-bond acceptors (Lipinski definition) is 2. The summed E-state index contributed by atoms with van der Waals surface area (Å²) in [4.78, 5) is 11.6. The van der Waals surface area contributed by atoms with Gasteiger partial charge in [0.15, 0.2) is 0 Å². The molecule has 3 nitrogen and oxygen atoms in total.